The van der Waals surface area contributed by atoms with E-state index in [9.17, 15) is 9.59 Å². The molecule has 142 valence electrons. The summed E-state index contributed by atoms with van der Waals surface area (Å²) in [6.45, 7) is 9.40. The molecule has 0 aliphatic heterocycles. The minimum atomic E-state index is -1.35. The zero-order valence-electron chi connectivity index (χ0n) is 15.7. The van der Waals surface area contributed by atoms with Crippen molar-refractivity contribution in [3.8, 4) is 0 Å². The third-order valence-corrected chi connectivity index (χ3v) is 4.25. The maximum Gasteiger partial charge on any atom is 0.324 e. The van der Waals surface area contributed by atoms with Crippen molar-refractivity contribution >= 4 is 11.9 Å². The number of carbonyl (C=O) groups is 2. The lowest BCUT2D eigenvalue weighted by molar-refractivity contribution is -0.172. The maximum atomic E-state index is 12.9. The van der Waals surface area contributed by atoms with E-state index >= 15 is 0 Å². The molecule has 0 spiro atoms. The highest BCUT2D eigenvalue weighted by molar-refractivity contribution is 6.00. The predicted octanol–water partition coefficient (Wildman–Crippen LogP) is 4.64. The highest BCUT2D eigenvalue weighted by atomic mass is 16.6. The molecule has 0 unspecified atom stereocenters. The van der Waals surface area contributed by atoms with Crippen LogP contribution in [0.1, 0.15) is 44.6 Å². The SMILES string of the molecule is C=CCOC(=O)C(CCCCCC)(Cc1ccccc1)C(=O)OCC=C. The molecular formula is C22H30O4. The Labute approximate surface area is 156 Å². The minimum Gasteiger partial charge on any atom is -0.461 e. The maximum absolute atomic E-state index is 12.9. The largest absolute Gasteiger partial charge is 0.461 e. The monoisotopic (exact) mass is 358 g/mol. The number of ether oxygens (including phenoxy) is 2. The quantitative estimate of drug-likeness (QED) is 0.223. The second kappa shape index (κ2) is 12.1. The molecular weight excluding hydrogens is 328 g/mol. The van der Waals surface area contributed by atoms with Crippen LogP contribution in [0.2, 0.25) is 0 Å². The van der Waals surface area contributed by atoms with Crippen LogP contribution in [-0.4, -0.2) is 25.2 Å². The van der Waals surface area contributed by atoms with E-state index in [1.807, 2.05) is 30.3 Å². The molecule has 4 heteroatoms. The Morgan fingerprint density at radius 2 is 1.54 bits per heavy atom. The topological polar surface area (TPSA) is 52.6 Å². The van der Waals surface area contributed by atoms with E-state index in [1.165, 1.54) is 12.2 Å². The van der Waals surface area contributed by atoms with Crippen LogP contribution in [-0.2, 0) is 25.5 Å². The molecule has 0 aliphatic rings. The molecule has 0 saturated carbocycles. The highest BCUT2D eigenvalue weighted by Gasteiger charge is 2.48. The number of unbranched alkanes of at least 4 members (excludes halogenated alkanes) is 3. The van der Waals surface area contributed by atoms with Gasteiger partial charge in [0.25, 0.3) is 0 Å². The van der Waals surface area contributed by atoms with E-state index in [2.05, 4.69) is 20.1 Å². The third-order valence-electron chi connectivity index (χ3n) is 4.25. The Hall–Kier alpha value is -2.36. The van der Waals surface area contributed by atoms with Gasteiger partial charge in [-0.2, -0.15) is 0 Å². The number of rotatable bonds is 13. The summed E-state index contributed by atoms with van der Waals surface area (Å²) >= 11 is 0. The van der Waals surface area contributed by atoms with Crippen LogP contribution in [0, 0.1) is 5.41 Å². The molecule has 1 aromatic rings. The molecule has 0 N–H and O–H groups in total. The van der Waals surface area contributed by atoms with Crippen molar-refractivity contribution in [3.05, 3.63) is 61.2 Å². The van der Waals surface area contributed by atoms with Gasteiger partial charge in [-0.15, -0.1) is 0 Å². The summed E-state index contributed by atoms with van der Waals surface area (Å²) < 4.78 is 10.6. The summed E-state index contributed by atoms with van der Waals surface area (Å²) in [6.07, 6.45) is 7.50. The zero-order chi connectivity index (χ0) is 19.3. The average molecular weight is 358 g/mol. The lowest BCUT2D eigenvalue weighted by atomic mass is 9.77. The third kappa shape index (κ3) is 6.51. The number of esters is 2. The van der Waals surface area contributed by atoms with Crippen LogP contribution < -0.4 is 0 Å². The zero-order valence-corrected chi connectivity index (χ0v) is 15.7. The van der Waals surface area contributed by atoms with E-state index in [4.69, 9.17) is 9.47 Å². The van der Waals surface area contributed by atoms with Crippen molar-refractivity contribution in [2.45, 2.75) is 45.4 Å². The molecule has 0 aromatic heterocycles. The fourth-order valence-electron chi connectivity index (χ4n) is 2.86. The van der Waals surface area contributed by atoms with Gasteiger partial charge in [-0.05, 0) is 18.4 Å². The van der Waals surface area contributed by atoms with Crippen molar-refractivity contribution < 1.29 is 19.1 Å². The second-order valence-electron chi connectivity index (χ2n) is 6.33. The minimum absolute atomic E-state index is 0.0685. The Morgan fingerprint density at radius 3 is 2.04 bits per heavy atom. The van der Waals surface area contributed by atoms with E-state index in [-0.39, 0.29) is 19.6 Å². The standard InChI is InChI=1S/C22H30O4/c1-4-7-8-12-15-22(20(23)25-16-5-2,21(24)26-17-6-3)18-19-13-10-9-11-14-19/h5-6,9-11,13-14H,2-4,7-8,12,15-18H2,1H3. The van der Waals surface area contributed by atoms with Gasteiger partial charge in [0.1, 0.15) is 13.2 Å². The fourth-order valence-corrected chi connectivity index (χ4v) is 2.86. The van der Waals surface area contributed by atoms with Crippen LogP contribution in [0.3, 0.4) is 0 Å². The molecule has 1 rings (SSSR count). The summed E-state index contributed by atoms with van der Waals surface area (Å²) in [6, 6.07) is 9.49. The van der Waals surface area contributed by atoms with Gasteiger partial charge < -0.3 is 9.47 Å². The first kappa shape index (κ1) is 21.7. The van der Waals surface area contributed by atoms with Gasteiger partial charge in [-0.25, -0.2) is 0 Å². The predicted molar refractivity (Wildman–Crippen MR) is 104 cm³/mol. The van der Waals surface area contributed by atoms with Gasteiger partial charge in [-0.1, -0.05) is 88.2 Å². The van der Waals surface area contributed by atoms with Crippen molar-refractivity contribution in [1.29, 1.82) is 0 Å². The van der Waals surface area contributed by atoms with Crippen LogP contribution >= 0.6 is 0 Å². The lowest BCUT2D eigenvalue weighted by Gasteiger charge is -2.29. The first-order chi connectivity index (χ1) is 12.6. The van der Waals surface area contributed by atoms with Crippen LogP contribution in [0.5, 0.6) is 0 Å². The van der Waals surface area contributed by atoms with Crippen molar-refractivity contribution in [1.82, 2.24) is 0 Å². The Bertz CT molecular complexity index is 553. The summed E-state index contributed by atoms with van der Waals surface area (Å²) in [5.41, 5.74) is -0.449. The molecule has 0 amide bonds. The summed E-state index contributed by atoms with van der Waals surface area (Å²) in [7, 11) is 0. The average Bonchev–Trinajstić information content (AvgIpc) is 2.67. The van der Waals surface area contributed by atoms with E-state index in [0.29, 0.717) is 6.42 Å². The summed E-state index contributed by atoms with van der Waals surface area (Å²) in [5.74, 6) is -1.10. The van der Waals surface area contributed by atoms with Gasteiger partial charge in [0.2, 0.25) is 0 Å². The van der Waals surface area contributed by atoms with E-state index in [0.717, 1.165) is 31.2 Å². The first-order valence-corrected chi connectivity index (χ1v) is 9.21. The summed E-state index contributed by atoms with van der Waals surface area (Å²) in [4.78, 5) is 25.8. The molecule has 0 heterocycles. The Morgan fingerprint density at radius 1 is 0.962 bits per heavy atom. The fraction of sp³-hybridized carbons (Fsp3) is 0.455. The van der Waals surface area contributed by atoms with Gasteiger partial charge in [0.05, 0.1) is 0 Å². The molecule has 0 aliphatic carbocycles. The lowest BCUT2D eigenvalue weighted by Crippen LogP contribution is -2.44. The van der Waals surface area contributed by atoms with Crippen molar-refractivity contribution in [3.63, 3.8) is 0 Å². The van der Waals surface area contributed by atoms with Gasteiger partial charge in [0.15, 0.2) is 5.41 Å². The molecule has 0 fully saturated rings. The Kier molecular flexibility index (Phi) is 10.1. The molecule has 0 saturated heterocycles. The van der Waals surface area contributed by atoms with Gasteiger partial charge in [0, 0.05) is 0 Å². The normalized spacial score (nSPS) is 10.8. The van der Waals surface area contributed by atoms with Crippen LogP contribution in [0.25, 0.3) is 0 Å². The molecule has 1 aromatic carbocycles. The molecule has 0 radical (unpaired) electrons. The smallest absolute Gasteiger partial charge is 0.324 e. The van der Waals surface area contributed by atoms with Crippen molar-refractivity contribution in [2.24, 2.45) is 5.41 Å². The van der Waals surface area contributed by atoms with E-state index in [1.54, 1.807) is 0 Å². The number of hydrogen-bond acceptors (Lipinski definition) is 4. The van der Waals surface area contributed by atoms with Gasteiger partial charge in [-0.3, -0.25) is 9.59 Å². The first-order valence-electron chi connectivity index (χ1n) is 9.21. The molecule has 26 heavy (non-hydrogen) atoms. The Balaban J connectivity index is 3.14. The summed E-state index contributed by atoms with van der Waals surface area (Å²) in [5, 5.41) is 0. The second-order valence-corrected chi connectivity index (χ2v) is 6.33. The number of benzene rings is 1. The number of carbonyl (C=O) groups excluding carboxylic acids is 2. The van der Waals surface area contributed by atoms with E-state index < -0.39 is 17.4 Å². The highest BCUT2D eigenvalue weighted by Crippen LogP contribution is 2.33. The van der Waals surface area contributed by atoms with Gasteiger partial charge >= 0.3 is 11.9 Å². The number of hydrogen-bond donors (Lipinski definition) is 0. The van der Waals surface area contributed by atoms with Crippen molar-refractivity contribution in [2.75, 3.05) is 13.2 Å². The van der Waals surface area contributed by atoms with Crippen LogP contribution in [0.15, 0.2) is 55.6 Å². The molecule has 0 atom stereocenters. The molecule has 4 nitrogen and oxygen atoms in total. The van der Waals surface area contributed by atoms with Crippen LogP contribution in [0.4, 0.5) is 0 Å². The molecule has 0 bridgehead atoms.